The molecule has 0 aliphatic rings. The molecule has 0 saturated heterocycles. The summed E-state index contributed by atoms with van der Waals surface area (Å²) in [6.07, 6.45) is 2.96. The Bertz CT molecular complexity index is 1050. The van der Waals surface area contributed by atoms with E-state index in [2.05, 4.69) is 15.5 Å². The molecule has 0 spiro atoms. The summed E-state index contributed by atoms with van der Waals surface area (Å²) in [4.78, 5) is 22.5. The van der Waals surface area contributed by atoms with Gasteiger partial charge < -0.3 is 5.32 Å². The molecule has 132 valence electrons. The van der Waals surface area contributed by atoms with Gasteiger partial charge in [-0.1, -0.05) is 30.3 Å². The third kappa shape index (κ3) is 4.05. The lowest BCUT2D eigenvalue weighted by Gasteiger charge is -2.04. The lowest BCUT2D eigenvalue weighted by Crippen LogP contribution is -2.13. The van der Waals surface area contributed by atoms with Gasteiger partial charge in [0.15, 0.2) is 0 Å². The highest BCUT2D eigenvalue weighted by Crippen LogP contribution is 2.23. The molecule has 1 heterocycles. The number of H-pyrrole nitrogens is 1. The van der Waals surface area contributed by atoms with Gasteiger partial charge in [0.05, 0.1) is 16.8 Å². The highest BCUT2D eigenvalue weighted by Gasteiger charge is 2.13. The molecule has 0 aliphatic carbocycles. The lowest BCUT2D eigenvalue weighted by atomic mass is 10.1. The average Bonchev–Trinajstić information content (AvgIpc) is 3.15. The van der Waals surface area contributed by atoms with Crippen molar-refractivity contribution in [2.75, 3.05) is 5.32 Å². The number of aromatic nitrogens is 2. The van der Waals surface area contributed by atoms with E-state index < -0.39 is 10.8 Å². The SMILES string of the molecule is N#C/C(=C\c1cn[nH]c1-c1ccccc1)C(=O)Nc1ccc([N+](=O)[O-])cc1. The van der Waals surface area contributed by atoms with E-state index in [9.17, 15) is 20.2 Å². The van der Waals surface area contributed by atoms with E-state index in [0.29, 0.717) is 16.9 Å². The highest BCUT2D eigenvalue weighted by molar-refractivity contribution is 6.10. The fourth-order valence-electron chi connectivity index (χ4n) is 2.41. The quantitative estimate of drug-likeness (QED) is 0.312. The van der Waals surface area contributed by atoms with Crippen molar-refractivity contribution in [3.63, 3.8) is 0 Å². The first-order valence-corrected chi connectivity index (χ1v) is 7.85. The molecule has 0 bridgehead atoms. The molecule has 3 rings (SSSR count). The number of nitro groups is 1. The van der Waals surface area contributed by atoms with Crippen LogP contribution in [0.25, 0.3) is 17.3 Å². The van der Waals surface area contributed by atoms with Gasteiger partial charge in [-0.25, -0.2) is 0 Å². The molecule has 0 atom stereocenters. The zero-order chi connectivity index (χ0) is 19.2. The minimum atomic E-state index is -0.619. The Hall–Kier alpha value is -4.25. The number of anilines is 1. The first-order chi connectivity index (χ1) is 13.1. The maximum atomic E-state index is 12.4. The average molecular weight is 359 g/mol. The molecule has 2 aromatic carbocycles. The Morgan fingerprint density at radius 2 is 1.89 bits per heavy atom. The van der Waals surface area contributed by atoms with Crippen molar-refractivity contribution in [2.24, 2.45) is 0 Å². The van der Waals surface area contributed by atoms with Gasteiger partial charge in [0.25, 0.3) is 11.6 Å². The summed E-state index contributed by atoms with van der Waals surface area (Å²) in [5.41, 5.74) is 2.29. The van der Waals surface area contributed by atoms with Crippen LogP contribution >= 0.6 is 0 Å². The first-order valence-electron chi connectivity index (χ1n) is 7.85. The summed E-state index contributed by atoms with van der Waals surface area (Å²) in [5.74, 6) is -0.619. The van der Waals surface area contributed by atoms with E-state index in [1.807, 2.05) is 36.4 Å². The van der Waals surface area contributed by atoms with Crippen LogP contribution in [0.5, 0.6) is 0 Å². The molecule has 1 amide bonds. The Kier molecular flexibility index (Phi) is 5.05. The minimum Gasteiger partial charge on any atom is -0.321 e. The second-order valence-electron chi connectivity index (χ2n) is 5.49. The maximum Gasteiger partial charge on any atom is 0.269 e. The largest absolute Gasteiger partial charge is 0.321 e. The van der Waals surface area contributed by atoms with E-state index in [0.717, 1.165) is 5.56 Å². The van der Waals surface area contributed by atoms with Crippen molar-refractivity contribution in [2.45, 2.75) is 0 Å². The molecule has 0 fully saturated rings. The number of benzene rings is 2. The molecule has 3 aromatic rings. The standard InChI is InChI=1S/C19H13N5O3/c20-11-14(19(25)22-16-6-8-17(9-7-16)24(26)27)10-15-12-21-23-18(15)13-4-2-1-3-5-13/h1-10,12H,(H,21,23)(H,22,25)/b14-10+. The summed E-state index contributed by atoms with van der Waals surface area (Å²) in [7, 11) is 0. The van der Waals surface area contributed by atoms with Crippen molar-refractivity contribution in [1.29, 1.82) is 5.26 Å². The molecular weight excluding hydrogens is 346 g/mol. The number of rotatable bonds is 5. The van der Waals surface area contributed by atoms with E-state index in [-0.39, 0.29) is 11.3 Å². The van der Waals surface area contributed by atoms with E-state index in [4.69, 9.17) is 0 Å². The molecule has 8 nitrogen and oxygen atoms in total. The number of nitro benzene ring substituents is 1. The van der Waals surface area contributed by atoms with Gasteiger partial charge in [0.2, 0.25) is 0 Å². The molecule has 2 N–H and O–H groups in total. The Morgan fingerprint density at radius 3 is 2.52 bits per heavy atom. The summed E-state index contributed by atoms with van der Waals surface area (Å²) in [5, 5.41) is 29.4. The van der Waals surface area contributed by atoms with Crippen LogP contribution in [0, 0.1) is 21.4 Å². The fraction of sp³-hybridized carbons (Fsp3) is 0. The van der Waals surface area contributed by atoms with Gasteiger partial charge in [0.1, 0.15) is 11.6 Å². The fourth-order valence-corrected chi connectivity index (χ4v) is 2.41. The zero-order valence-corrected chi connectivity index (χ0v) is 13.9. The summed E-state index contributed by atoms with van der Waals surface area (Å²) < 4.78 is 0. The Labute approximate surface area is 153 Å². The molecule has 0 radical (unpaired) electrons. The van der Waals surface area contributed by atoms with Crippen LogP contribution in [-0.2, 0) is 4.79 Å². The van der Waals surface area contributed by atoms with Gasteiger partial charge in [-0.05, 0) is 18.2 Å². The minimum absolute atomic E-state index is 0.0880. The second-order valence-corrected chi connectivity index (χ2v) is 5.49. The number of carbonyl (C=O) groups is 1. The van der Waals surface area contributed by atoms with Crippen LogP contribution in [0.3, 0.4) is 0 Å². The van der Waals surface area contributed by atoms with Crippen molar-refractivity contribution in [3.8, 4) is 17.3 Å². The number of nitrogens with zero attached hydrogens (tertiary/aromatic N) is 3. The number of hydrogen-bond acceptors (Lipinski definition) is 5. The van der Waals surface area contributed by atoms with Gasteiger partial charge in [0, 0.05) is 28.9 Å². The van der Waals surface area contributed by atoms with Crippen LogP contribution < -0.4 is 5.32 Å². The predicted octanol–water partition coefficient (Wildman–Crippen LogP) is 3.53. The summed E-state index contributed by atoms with van der Waals surface area (Å²) >= 11 is 0. The third-order valence-corrected chi connectivity index (χ3v) is 3.73. The molecule has 0 aliphatic heterocycles. The van der Waals surface area contributed by atoms with Crippen LogP contribution in [0.2, 0.25) is 0 Å². The molecule has 27 heavy (non-hydrogen) atoms. The van der Waals surface area contributed by atoms with Gasteiger partial charge >= 0.3 is 0 Å². The smallest absolute Gasteiger partial charge is 0.269 e. The number of non-ortho nitro benzene ring substituents is 1. The van der Waals surface area contributed by atoms with Crippen LogP contribution in [0.4, 0.5) is 11.4 Å². The normalized spacial score (nSPS) is 10.9. The zero-order valence-electron chi connectivity index (χ0n) is 13.9. The Morgan fingerprint density at radius 1 is 1.19 bits per heavy atom. The van der Waals surface area contributed by atoms with Crippen LogP contribution in [0.15, 0.2) is 66.4 Å². The molecule has 0 saturated carbocycles. The van der Waals surface area contributed by atoms with Crippen molar-refractivity contribution >= 4 is 23.4 Å². The first kappa shape index (κ1) is 17.6. The number of nitrogens with one attached hydrogen (secondary N) is 2. The number of amides is 1. The monoisotopic (exact) mass is 359 g/mol. The van der Waals surface area contributed by atoms with Gasteiger partial charge in [-0.2, -0.15) is 10.4 Å². The van der Waals surface area contributed by atoms with Crippen LogP contribution in [-0.4, -0.2) is 21.0 Å². The maximum absolute atomic E-state index is 12.4. The van der Waals surface area contributed by atoms with Crippen molar-refractivity contribution in [3.05, 3.63) is 82.0 Å². The van der Waals surface area contributed by atoms with E-state index >= 15 is 0 Å². The Balaban J connectivity index is 1.83. The molecular formula is C19H13N5O3. The topological polar surface area (TPSA) is 125 Å². The molecule has 8 heteroatoms. The summed E-state index contributed by atoms with van der Waals surface area (Å²) in [6.45, 7) is 0. The number of carbonyl (C=O) groups excluding carboxylic acids is 1. The van der Waals surface area contributed by atoms with Crippen molar-refractivity contribution < 1.29 is 9.72 Å². The molecule has 0 unspecified atom stereocenters. The van der Waals surface area contributed by atoms with Gasteiger partial charge in [-0.3, -0.25) is 20.0 Å². The summed E-state index contributed by atoms with van der Waals surface area (Å²) in [6, 6.07) is 16.6. The van der Waals surface area contributed by atoms with Crippen molar-refractivity contribution in [1.82, 2.24) is 10.2 Å². The highest BCUT2D eigenvalue weighted by atomic mass is 16.6. The van der Waals surface area contributed by atoms with Crippen LogP contribution in [0.1, 0.15) is 5.56 Å². The molecule has 1 aromatic heterocycles. The van der Waals surface area contributed by atoms with E-state index in [1.165, 1.54) is 36.5 Å². The van der Waals surface area contributed by atoms with Gasteiger partial charge in [-0.15, -0.1) is 0 Å². The number of aromatic amines is 1. The third-order valence-electron chi connectivity index (χ3n) is 3.73. The second kappa shape index (κ2) is 7.76. The number of nitriles is 1. The number of hydrogen-bond donors (Lipinski definition) is 2. The predicted molar refractivity (Wildman–Crippen MR) is 99.3 cm³/mol. The van der Waals surface area contributed by atoms with E-state index in [1.54, 1.807) is 0 Å². The lowest BCUT2D eigenvalue weighted by molar-refractivity contribution is -0.384.